The van der Waals surface area contributed by atoms with E-state index in [2.05, 4.69) is 13.8 Å². The quantitative estimate of drug-likeness (QED) is 0.599. The number of rotatable bonds is 1. The van der Waals surface area contributed by atoms with Crippen molar-refractivity contribution >= 4 is 0 Å². The summed E-state index contributed by atoms with van der Waals surface area (Å²) in [5.41, 5.74) is 5.75. The summed E-state index contributed by atoms with van der Waals surface area (Å²) in [4.78, 5) is 0. The highest BCUT2D eigenvalue weighted by Gasteiger charge is 2.37. The molecule has 0 aliphatic heterocycles. The molecule has 3 atom stereocenters. The molecule has 1 aliphatic carbocycles. The van der Waals surface area contributed by atoms with E-state index in [1.807, 2.05) is 0 Å². The highest BCUT2D eigenvalue weighted by atomic mass is 16.3. The van der Waals surface area contributed by atoms with Gasteiger partial charge < -0.3 is 10.8 Å². The standard InChI is InChI=1S/C9H19NO/c1-7-4-3-5-9(10,6-11)8(7)2/h7-8,11H,3-6,10H2,1-2H3. The van der Waals surface area contributed by atoms with Crippen molar-refractivity contribution in [1.82, 2.24) is 0 Å². The van der Waals surface area contributed by atoms with Gasteiger partial charge in [0, 0.05) is 5.54 Å². The molecule has 0 amide bonds. The van der Waals surface area contributed by atoms with E-state index in [-0.39, 0.29) is 12.1 Å². The molecule has 2 nitrogen and oxygen atoms in total. The smallest absolute Gasteiger partial charge is 0.0613 e. The SMILES string of the molecule is CC1CCCC(N)(CO)C1C. The average Bonchev–Trinajstić information content (AvgIpc) is 2.00. The summed E-state index contributed by atoms with van der Waals surface area (Å²) in [5, 5.41) is 9.11. The summed E-state index contributed by atoms with van der Waals surface area (Å²) < 4.78 is 0. The summed E-state index contributed by atoms with van der Waals surface area (Å²) in [6.07, 6.45) is 3.41. The van der Waals surface area contributed by atoms with Crippen molar-refractivity contribution in [1.29, 1.82) is 0 Å². The maximum absolute atomic E-state index is 9.11. The van der Waals surface area contributed by atoms with Crippen molar-refractivity contribution in [3.63, 3.8) is 0 Å². The zero-order valence-electron chi connectivity index (χ0n) is 7.51. The molecule has 0 spiro atoms. The molecule has 0 bridgehead atoms. The third kappa shape index (κ3) is 1.57. The largest absolute Gasteiger partial charge is 0.394 e. The third-order valence-corrected chi connectivity index (χ3v) is 3.36. The van der Waals surface area contributed by atoms with Crippen LogP contribution in [0.15, 0.2) is 0 Å². The Balaban J connectivity index is 2.64. The van der Waals surface area contributed by atoms with Crippen LogP contribution in [0.3, 0.4) is 0 Å². The molecule has 11 heavy (non-hydrogen) atoms. The monoisotopic (exact) mass is 157 g/mol. The lowest BCUT2D eigenvalue weighted by Gasteiger charge is -2.41. The number of nitrogens with two attached hydrogens (primary N) is 1. The maximum Gasteiger partial charge on any atom is 0.0613 e. The van der Waals surface area contributed by atoms with Crippen LogP contribution in [0.4, 0.5) is 0 Å². The molecule has 0 radical (unpaired) electrons. The lowest BCUT2D eigenvalue weighted by atomic mass is 9.69. The molecule has 1 aliphatic rings. The normalized spacial score (nSPS) is 45.8. The second kappa shape index (κ2) is 3.11. The maximum atomic E-state index is 9.11. The Morgan fingerprint density at radius 3 is 2.64 bits per heavy atom. The van der Waals surface area contributed by atoms with E-state index in [1.54, 1.807) is 0 Å². The summed E-state index contributed by atoms with van der Waals surface area (Å²) in [6, 6.07) is 0. The van der Waals surface area contributed by atoms with Crippen molar-refractivity contribution in [2.45, 2.75) is 38.6 Å². The Morgan fingerprint density at radius 1 is 1.55 bits per heavy atom. The first kappa shape index (κ1) is 9.01. The van der Waals surface area contributed by atoms with Crippen LogP contribution in [-0.2, 0) is 0 Å². The molecular weight excluding hydrogens is 138 g/mol. The first-order valence-electron chi connectivity index (χ1n) is 4.50. The number of aliphatic hydroxyl groups excluding tert-OH is 1. The van der Waals surface area contributed by atoms with E-state index in [9.17, 15) is 0 Å². The van der Waals surface area contributed by atoms with Crippen molar-refractivity contribution in [3.8, 4) is 0 Å². The number of hydrogen-bond donors (Lipinski definition) is 2. The van der Waals surface area contributed by atoms with Gasteiger partial charge in [-0.2, -0.15) is 0 Å². The van der Waals surface area contributed by atoms with Gasteiger partial charge in [-0.25, -0.2) is 0 Å². The van der Waals surface area contributed by atoms with Gasteiger partial charge in [-0.1, -0.05) is 26.7 Å². The minimum atomic E-state index is -0.294. The first-order chi connectivity index (χ1) is 5.10. The van der Waals surface area contributed by atoms with Crippen LogP contribution in [0.5, 0.6) is 0 Å². The molecule has 0 saturated heterocycles. The molecule has 1 saturated carbocycles. The predicted octanol–water partition coefficient (Wildman–Crippen LogP) is 1.13. The van der Waals surface area contributed by atoms with Crippen LogP contribution >= 0.6 is 0 Å². The first-order valence-corrected chi connectivity index (χ1v) is 4.50. The Bertz CT molecular complexity index is 138. The summed E-state index contributed by atoms with van der Waals surface area (Å²) in [5.74, 6) is 1.13. The molecule has 2 heteroatoms. The van der Waals surface area contributed by atoms with E-state index in [0.29, 0.717) is 11.8 Å². The van der Waals surface area contributed by atoms with Crippen molar-refractivity contribution in [3.05, 3.63) is 0 Å². The molecule has 1 rings (SSSR count). The molecule has 0 aromatic rings. The fourth-order valence-corrected chi connectivity index (χ4v) is 2.02. The third-order valence-electron chi connectivity index (χ3n) is 3.36. The second-order valence-electron chi connectivity index (χ2n) is 4.05. The van der Waals surface area contributed by atoms with Crippen molar-refractivity contribution < 1.29 is 5.11 Å². The molecule has 0 heterocycles. The van der Waals surface area contributed by atoms with Crippen LogP contribution in [0.1, 0.15) is 33.1 Å². The van der Waals surface area contributed by atoms with Gasteiger partial charge in [0.2, 0.25) is 0 Å². The molecule has 1 fully saturated rings. The summed E-state index contributed by atoms with van der Waals surface area (Å²) in [6.45, 7) is 4.51. The van der Waals surface area contributed by atoms with E-state index in [0.717, 1.165) is 6.42 Å². The minimum Gasteiger partial charge on any atom is -0.394 e. The van der Waals surface area contributed by atoms with E-state index in [4.69, 9.17) is 10.8 Å². The van der Waals surface area contributed by atoms with Gasteiger partial charge in [0.1, 0.15) is 0 Å². The van der Waals surface area contributed by atoms with Crippen LogP contribution in [0.25, 0.3) is 0 Å². The van der Waals surface area contributed by atoms with Crippen LogP contribution in [0, 0.1) is 11.8 Å². The van der Waals surface area contributed by atoms with Crippen molar-refractivity contribution in [2.24, 2.45) is 17.6 Å². The minimum absolute atomic E-state index is 0.137. The summed E-state index contributed by atoms with van der Waals surface area (Å²) >= 11 is 0. The van der Waals surface area contributed by atoms with Gasteiger partial charge in [-0.15, -0.1) is 0 Å². The molecule has 66 valence electrons. The Morgan fingerprint density at radius 2 is 2.18 bits per heavy atom. The van der Waals surface area contributed by atoms with Gasteiger partial charge in [0.25, 0.3) is 0 Å². The van der Waals surface area contributed by atoms with E-state index in [1.165, 1.54) is 12.8 Å². The van der Waals surface area contributed by atoms with Gasteiger partial charge in [-0.3, -0.25) is 0 Å². The van der Waals surface area contributed by atoms with E-state index >= 15 is 0 Å². The highest BCUT2D eigenvalue weighted by molar-refractivity contribution is 4.94. The molecule has 3 N–H and O–H groups in total. The topological polar surface area (TPSA) is 46.2 Å². The zero-order valence-corrected chi connectivity index (χ0v) is 7.51. The molecule has 0 aromatic heterocycles. The summed E-state index contributed by atoms with van der Waals surface area (Å²) in [7, 11) is 0. The van der Waals surface area contributed by atoms with Crippen LogP contribution in [0.2, 0.25) is 0 Å². The lowest BCUT2D eigenvalue weighted by molar-refractivity contribution is 0.0767. The van der Waals surface area contributed by atoms with Crippen molar-refractivity contribution in [2.75, 3.05) is 6.61 Å². The van der Waals surface area contributed by atoms with Gasteiger partial charge >= 0.3 is 0 Å². The Labute approximate surface area is 68.8 Å². The van der Waals surface area contributed by atoms with Gasteiger partial charge in [0.05, 0.1) is 6.61 Å². The van der Waals surface area contributed by atoms with Gasteiger partial charge in [0.15, 0.2) is 0 Å². The fourth-order valence-electron chi connectivity index (χ4n) is 2.02. The molecule has 0 aromatic carbocycles. The van der Waals surface area contributed by atoms with E-state index < -0.39 is 0 Å². The number of aliphatic hydroxyl groups is 1. The second-order valence-corrected chi connectivity index (χ2v) is 4.05. The molecule has 3 unspecified atom stereocenters. The number of hydrogen-bond acceptors (Lipinski definition) is 2. The Kier molecular flexibility index (Phi) is 2.55. The van der Waals surface area contributed by atoms with Crippen LogP contribution in [-0.4, -0.2) is 17.3 Å². The molecular formula is C9H19NO. The van der Waals surface area contributed by atoms with Gasteiger partial charge in [-0.05, 0) is 18.3 Å². The lowest BCUT2D eigenvalue weighted by Crippen LogP contribution is -2.53. The Hall–Kier alpha value is -0.0800. The fraction of sp³-hybridized carbons (Fsp3) is 1.00. The average molecular weight is 157 g/mol. The predicted molar refractivity (Wildman–Crippen MR) is 46.2 cm³/mol. The van der Waals surface area contributed by atoms with Crippen LogP contribution < -0.4 is 5.73 Å². The highest BCUT2D eigenvalue weighted by Crippen LogP contribution is 2.35. The zero-order chi connectivity index (χ0) is 8.48.